The quantitative estimate of drug-likeness (QED) is 0.646. The molecule has 0 saturated heterocycles. The van der Waals surface area contributed by atoms with Gasteiger partial charge in [0.2, 0.25) is 5.95 Å². The van der Waals surface area contributed by atoms with E-state index in [1.165, 1.54) is 11.6 Å². The van der Waals surface area contributed by atoms with Crippen molar-refractivity contribution in [3.05, 3.63) is 71.9 Å². The molecule has 0 aliphatic rings. The topological polar surface area (TPSA) is 49.8 Å². The fourth-order valence-electron chi connectivity index (χ4n) is 2.39. The van der Waals surface area contributed by atoms with Crippen molar-refractivity contribution >= 4 is 23.1 Å². The van der Waals surface area contributed by atoms with Crippen molar-refractivity contribution in [3.8, 4) is 0 Å². The molecule has 0 unspecified atom stereocenters. The molecule has 3 aromatic rings. The highest BCUT2D eigenvalue weighted by atomic mass is 19.2. The molecule has 0 spiro atoms. The molecule has 0 atom stereocenters. The second kappa shape index (κ2) is 7.07. The first-order valence-corrected chi connectivity index (χ1v) is 8.24. The molecular formula is C20H20F2N4. The minimum absolute atomic E-state index is 0.0866. The van der Waals surface area contributed by atoms with Crippen LogP contribution in [-0.4, -0.2) is 9.97 Å². The normalized spacial score (nSPS) is 11.3. The van der Waals surface area contributed by atoms with Gasteiger partial charge in [-0.05, 0) is 41.3 Å². The smallest absolute Gasteiger partial charge is 0.229 e. The van der Waals surface area contributed by atoms with E-state index in [-0.39, 0.29) is 5.41 Å². The molecule has 0 bridgehead atoms. The van der Waals surface area contributed by atoms with E-state index in [2.05, 4.69) is 53.5 Å². The SMILES string of the molecule is CC(C)(C)c1ccc(Nc2nccc(Nc3ccc(F)c(F)c3)n2)cc1. The number of benzene rings is 2. The number of anilines is 4. The van der Waals surface area contributed by atoms with E-state index >= 15 is 0 Å². The average molecular weight is 354 g/mol. The summed E-state index contributed by atoms with van der Waals surface area (Å²) in [6, 6.07) is 13.3. The third kappa shape index (κ3) is 4.33. The van der Waals surface area contributed by atoms with E-state index in [0.717, 1.165) is 17.8 Å². The first-order chi connectivity index (χ1) is 12.3. The number of nitrogens with one attached hydrogen (secondary N) is 2. The summed E-state index contributed by atoms with van der Waals surface area (Å²) >= 11 is 0. The van der Waals surface area contributed by atoms with Crippen LogP contribution in [0.15, 0.2) is 54.7 Å². The summed E-state index contributed by atoms with van der Waals surface area (Å²) < 4.78 is 26.3. The van der Waals surface area contributed by atoms with E-state index in [1.807, 2.05) is 12.1 Å². The fraction of sp³-hybridized carbons (Fsp3) is 0.200. The van der Waals surface area contributed by atoms with Crippen LogP contribution in [0, 0.1) is 11.6 Å². The molecule has 0 saturated carbocycles. The van der Waals surface area contributed by atoms with Gasteiger partial charge >= 0.3 is 0 Å². The van der Waals surface area contributed by atoms with Crippen molar-refractivity contribution in [1.29, 1.82) is 0 Å². The van der Waals surface area contributed by atoms with Gasteiger partial charge in [0.25, 0.3) is 0 Å². The van der Waals surface area contributed by atoms with Crippen LogP contribution in [0.4, 0.5) is 31.9 Å². The lowest BCUT2D eigenvalue weighted by atomic mass is 9.87. The number of hydrogen-bond donors (Lipinski definition) is 2. The summed E-state index contributed by atoms with van der Waals surface area (Å²) in [5, 5.41) is 6.06. The van der Waals surface area contributed by atoms with Gasteiger partial charge in [0.1, 0.15) is 5.82 Å². The van der Waals surface area contributed by atoms with Crippen LogP contribution < -0.4 is 10.6 Å². The summed E-state index contributed by atoms with van der Waals surface area (Å²) in [5.41, 5.74) is 2.59. The average Bonchev–Trinajstić information content (AvgIpc) is 2.58. The Hall–Kier alpha value is -3.02. The Morgan fingerprint density at radius 1 is 0.808 bits per heavy atom. The third-order valence-electron chi connectivity index (χ3n) is 3.85. The summed E-state index contributed by atoms with van der Waals surface area (Å²) in [6.07, 6.45) is 1.58. The molecule has 26 heavy (non-hydrogen) atoms. The molecule has 2 N–H and O–H groups in total. The molecule has 3 rings (SSSR count). The largest absolute Gasteiger partial charge is 0.340 e. The number of nitrogens with zero attached hydrogens (tertiary/aromatic N) is 2. The van der Waals surface area contributed by atoms with Crippen molar-refractivity contribution < 1.29 is 8.78 Å². The summed E-state index contributed by atoms with van der Waals surface area (Å²) in [5.74, 6) is -0.929. The zero-order valence-electron chi connectivity index (χ0n) is 14.8. The Morgan fingerprint density at radius 2 is 1.50 bits per heavy atom. The molecule has 1 heterocycles. The summed E-state index contributed by atoms with van der Waals surface area (Å²) in [7, 11) is 0. The number of rotatable bonds is 4. The lowest BCUT2D eigenvalue weighted by Crippen LogP contribution is -2.10. The van der Waals surface area contributed by atoms with E-state index in [1.54, 1.807) is 12.3 Å². The number of aromatic nitrogens is 2. The third-order valence-corrected chi connectivity index (χ3v) is 3.85. The Labute approximate surface area is 151 Å². The van der Waals surface area contributed by atoms with Crippen LogP contribution in [-0.2, 0) is 5.41 Å². The van der Waals surface area contributed by atoms with Crippen molar-refractivity contribution in [2.24, 2.45) is 0 Å². The molecule has 6 heteroatoms. The molecule has 0 amide bonds. The highest BCUT2D eigenvalue weighted by Crippen LogP contribution is 2.24. The van der Waals surface area contributed by atoms with Crippen LogP contribution >= 0.6 is 0 Å². The Bertz CT molecular complexity index is 902. The zero-order chi connectivity index (χ0) is 18.7. The van der Waals surface area contributed by atoms with Crippen molar-refractivity contribution in [2.45, 2.75) is 26.2 Å². The van der Waals surface area contributed by atoms with Gasteiger partial charge in [-0.2, -0.15) is 4.98 Å². The van der Waals surface area contributed by atoms with E-state index in [4.69, 9.17) is 0 Å². The van der Waals surface area contributed by atoms with Crippen LogP contribution in [0.2, 0.25) is 0 Å². The number of halogens is 2. The molecule has 1 aromatic heterocycles. The van der Waals surface area contributed by atoms with Crippen LogP contribution in [0.5, 0.6) is 0 Å². The maximum Gasteiger partial charge on any atom is 0.229 e. The molecule has 0 aliphatic carbocycles. The number of hydrogen-bond acceptors (Lipinski definition) is 4. The maximum atomic E-state index is 13.3. The maximum absolute atomic E-state index is 13.3. The van der Waals surface area contributed by atoms with E-state index in [0.29, 0.717) is 17.5 Å². The van der Waals surface area contributed by atoms with Crippen molar-refractivity contribution in [2.75, 3.05) is 10.6 Å². The Morgan fingerprint density at radius 3 is 2.15 bits per heavy atom. The lowest BCUT2D eigenvalue weighted by Gasteiger charge is -2.19. The molecular weight excluding hydrogens is 334 g/mol. The van der Waals surface area contributed by atoms with Crippen LogP contribution in [0.1, 0.15) is 26.3 Å². The van der Waals surface area contributed by atoms with E-state index in [9.17, 15) is 8.78 Å². The van der Waals surface area contributed by atoms with Gasteiger partial charge in [0.05, 0.1) is 0 Å². The molecule has 4 nitrogen and oxygen atoms in total. The molecule has 0 aliphatic heterocycles. The molecule has 0 radical (unpaired) electrons. The van der Waals surface area contributed by atoms with Gasteiger partial charge in [0, 0.05) is 23.6 Å². The van der Waals surface area contributed by atoms with Crippen LogP contribution in [0.3, 0.4) is 0 Å². The lowest BCUT2D eigenvalue weighted by molar-refractivity contribution is 0.509. The van der Waals surface area contributed by atoms with Crippen molar-refractivity contribution in [1.82, 2.24) is 9.97 Å². The fourth-order valence-corrected chi connectivity index (χ4v) is 2.39. The van der Waals surface area contributed by atoms with Gasteiger partial charge in [0.15, 0.2) is 11.6 Å². The molecule has 2 aromatic carbocycles. The predicted octanol–water partition coefficient (Wildman–Crippen LogP) is 5.54. The van der Waals surface area contributed by atoms with Crippen LogP contribution in [0.25, 0.3) is 0 Å². The minimum Gasteiger partial charge on any atom is -0.340 e. The Kier molecular flexibility index (Phi) is 4.84. The van der Waals surface area contributed by atoms with Crippen molar-refractivity contribution in [3.63, 3.8) is 0 Å². The highest BCUT2D eigenvalue weighted by molar-refractivity contribution is 5.59. The minimum atomic E-state index is -0.915. The summed E-state index contributed by atoms with van der Waals surface area (Å²) in [4.78, 5) is 8.52. The molecule has 0 fully saturated rings. The predicted molar refractivity (Wildman–Crippen MR) is 100 cm³/mol. The van der Waals surface area contributed by atoms with Gasteiger partial charge in [-0.15, -0.1) is 0 Å². The zero-order valence-corrected chi connectivity index (χ0v) is 14.8. The van der Waals surface area contributed by atoms with Gasteiger partial charge in [-0.1, -0.05) is 32.9 Å². The highest BCUT2D eigenvalue weighted by Gasteiger charge is 2.13. The second-order valence-corrected chi connectivity index (χ2v) is 6.97. The monoisotopic (exact) mass is 354 g/mol. The van der Waals surface area contributed by atoms with Gasteiger partial charge < -0.3 is 10.6 Å². The summed E-state index contributed by atoms with van der Waals surface area (Å²) in [6.45, 7) is 6.48. The first kappa shape index (κ1) is 17.8. The second-order valence-electron chi connectivity index (χ2n) is 6.97. The van der Waals surface area contributed by atoms with Gasteiger partial charge in [-0.3, -0.25) is 0 Å². The van der Waals surface area contributed by atoms with E-state index < -0.39 is 11.6 Å². The van der Waals surface area contributed by atoms with Gasteiger partial charge in [-0.25, -0.2) is 13.8 Å². The molecule has 134 valence electrons. The Balaban J connectivity index is 1.73. The standard InChI is InChI=1S/C20H20F2N4/c1-20(2,3)13-4-6-14(7-5-13)25-19-23-11-10-18(26-19)24-15-8-9-16(21)17(22)12-15/h4-12H,1-3H3,(H2,23,24,25,26). The first-order valence-electron chi connectivity index (χ1n) is 8.24.